The van der Waals surface area contributed by atoms with E-state index in [-0.39, 0.29) is 12.2 Å². The number of methoxy groups -OCH3 is 2. The maximum atomic E-state index is 13.8. The van der Waals surface area contributed by atoms with Crippen LogP contribution < -0.4 is 29.1 Å². The first-order chi connectivity index (χ1) is 18.9. The highest BCUT2D eigenvalue weighted by molar-refractivity contribution is 7.07. The minimum Gasteiger partial charge on any atom is -0.497 e. The van der Waals surface area contributed by atoms with Crippen LogP contribution in [0.3, 0.4) is 0 Å². The normalized spacial score (nSPS) is 14.9. The molecule has 9 heteroatoms. The van der Waals surface area contributed by atoms with Gasteiger partial charge in [0.05, 0.1) is 42.7 Å². The Morgan fingerprint density at radius 2 is 1.90 bits per heavy atom. The van der Waals surface area contributed by atoms with E-state index < -0.39 is 12.0 Å². The van der Waals surface area contributed by atoms with Gasteiger partial charge in [-0.1, -0.05) is 55.5 Å². The van der Waals surface area contributed by atoms with Crippen molar-refractivity contribution in [3.8, 4) is 17.2 Å². The quantitative estimate of drug-likeness (QED) is 0.203. The lowest BCUT2D eigenvalue weighted by Crippen LogP contribution is -2.39. The number of benzene rings is 2. The van der Waals surface area contributed by atoms with Gasteiger partial charge in [0, 0.05) is 0 Å². The second-order valence-electron chi connectivity index (χ2n) is 8.85. The summed E-state index contributed by atoms with van der Waals surface area (Å²) in [5, 5.41) is 0. The molecule has 0 radical (unpaired) electrons. The van der Waals surface area contributed by atoms with E-state index in [2.05, 4.69) is 18.5 Å². The summed E-state index contributed by atoms with van der Waals surface area (Å²) in [6.45, 7) is 8.13. The number of aromatic nitrogens is 1. The minimum atomic E-state index is -0.713. The van der Waals surface area contributed by atoms with Crippen LogP contribution in [0.15, 0.2) is 76.2 Å². The maximum Gasteiger partial charge on any atom is 0.338 e. The molecule has 4 rings (SSSR count). The summed E-state index contributed by atoms with van der Waals surface area (Å²) in [4.78, 5) is 32.1. The Morgan fingerprint density at radius 1 is 1.13 bits per heavy atom. The molecule has 2 heterocycles. The van der Waals surface area contributed by atoms with Gasteiger partial charge in [0.25, 0.3) is 5.56 Å². The minimum absolute atomic E-state index is 0.0509. The second-order valence-corrected chi connectivity index (χ2v) is 9.86. The largest absolute Gasteiger partial charge is 0.497 e. The molecular formula is C30H32N2O6S. The highest BCUT2D eigenvalue weighted by Gasteiger charge is 2.33. The summed E-state index contributed by atoms with van der Waals surface area (Å²) in [7, 11) is 3.17. The third kappa shape index (κ3) is 5.98. The number of allylic oxidation sites excluding steroid dienone is 1. The molecule has 0 amide bonds. The molecule has 0 saturated heterocycles. The van der Waals surface area contributed by atoms with Gasteiger partial charge in [0.2, 0.25) is 0 Å². The molecule has 0 bridgehead atoms. The smallest absolute Gasteiger partial charge is 0.338 e. The van der Waals surface area contributed by atoms with E-state index in [4.69, 9.17) is 18.9 Å². The van der Waals surface area contributed by atoms with Gasteiger partial charge in [0.15, 0.2) is 16.3 Å². The number of esters is 1. The molecule has 1 aliphatic heterocycles. The number of unbranched alkanes of at least 4 members (excludes halogenated alkanes) is 1. The average Bonchev–Trinajstić information content (AvgIpc) is 3.25. The predicted molar refractivity (Wildman–Crippen MR) is 151 cm³/mol. The van der Waals surface area contributed by atoms with Gasteiger partial charge in [-0.15, -0.1) is 0 Å². The van der Waals surface area contributed by atoms with E-state index in [9.17, 15) is 9.59 Å². The van der Waals surface area contributed by atoms with Crippen molar-refractivity contribution in [3.05, 3.63) is 97.2 Å². The van der Waals surface area contributed by atoms with Crippen molar-refractivity contribution in [3.63, 3.8) is 0 Å². The van der Waals surface area contributed by atoms with Crippen LogP contribution in [0, 0.1) is 0 Å². The Balaban J connectivity index is 1.82. The van der Waals surface area contributed by atoms with E-state index >= 15 is 0 Å². The summed E-state index contributed by atoms with van der Waals surface area (Å²) in [6.07, 6.45) is 5.28. The number of rotatable bonds is 11. The number of hydrogen-bond acceptors (Lipinski definition) is 8. The molecule has 1 aromatic heterocycles. The molecule has 39 heavy (non-hydrogen) atoms. The van der Waals surface area contributed by atoms with E-state index in [0.29, 0.717) is 44.5 Å². The van der Waals surface area contributed by atoms with Crippen molar-refractivity contribution < 1.29 is 23.7 Å². The Labute approximate surface area is 231 Å². The lowest BCUT2D eigenvalue weighted by atomic mass is 9.96. The molecule has 0 fully saturated rings. The molecule has 0 N–H and O–H groups in total. The van der Waals surface area contributed by atoms with Crippen LogP contribution in [-0.4, -0.2) is 38.0 Å². The third-order valence-electron chi connectivity index (χ3n) is 6.25. The van der Waals surface area contributed by atoms with Crippen molar-refractivity contribution >= 4 is 23.4 Å². The number of carbonyl (C=O) groups is 1. The third-order valence-corrected chi connectivity index (χ3v) is 7.23. The van der Waals surface area contributed by atoms with Crippen molar-refractivity contribution in [2.45, 2.75) is 32.7 Å². The zero-order valence-corrected chi connectivity index (χ0v) is 23.4. The Bertz CT molecular complexity index is 1570. The Hall–Kier alpha value is -4.11. The summed E-state index contributed by atoms with van der Waals surface area (Å²) in [5.41, 5.74) is 2.05. The predicted octanol–water partition coefficient (Wildman–Crippen LogP) is 4.16. The molecule has 1 aliphatic rings. The van der Waals surface area contributed by atoms with Crippen LogP contribution in [0.25, 0.3) is 6.08 Å². The lowest BCUT2D eigenvalue weighted by Gasteiger charge is -2.24. The number of carbonyl (C=O) groups excluding carboxylic acids is 1. The molecule has 204 valence electrons. The number of fused-ring (bicyclic) bond motifs is 1. The van der Waals surface area contributed by atoms with Crippen LogP contribution >= 0.6 is 11.3 Å². The van der Waals surface area contributed by atoms with Crippen molar-refractivity contribution in [2.75, 3.05) is 27.4 Å². The maximum absolute atomic E-state index is 13.8. The summed E-state index contributed by atoms with van der Waals surface area (Å²) < 4.78 is 24.1. The molecule has 0 spiro atoms. The SMILES string of the molecule is C=CCOC(=O)C1=C(C)N=c2s/c(=C/c3ccc(OCCCC)c(OC)c3)c(=O)n2[C@H]1c1ccc(OC)cc1. The van der Waals surface area contributed by atoms with Gasteiger partial charge in [0.1, 0.15) is 12.4 Å². The fourth-order valence-corrected chi connectivity index (χ4v) is 5.31. The zero-order valence-electron chi connectivity index (χ0n) is 22.6. The second kappa shape index (κ2) is 12.6. The molecule has 0 saturated carbocycles. The van der Waals surface area contributed by atoms with Crippen molar-refractivity contribution in [2.24, 2.45) is 4.99 Å². The zero-order chi connectivity index (χ0) is 27.9. The number of hydrogen-bond donors (Lipinski definition) is 0. The lowest BCUT2D eigenvalue weighted by molar-refractivity contribution is -0.138. The Morgan fingerprint density at radius 3 is 2.56 bits per heavy atom. The van der Waals surface area contributed by atoms with Crippen molar-refractivity contribution in [1.29, 1.82) is 0 Å². The van der Waals surface area contributed by atoms with Crippen LogP contribution in [0.2, 0.25) is 0 Å². The van der Waals surface area contributed by atoms with Crippen LogP contribution in [0.5, 0.6) is 17.2 Å². The monoisotopic (exact) mass is 548 g/mol. The fraction of sp³-hybridized carbons (Fsp3) is 0.300. The first-order valence-corrected chi connectivity index (χ1v) is 13.5. The van der Waals surface area contributed by atoms with Gasteiger partial charge in [-0.2, -0.15) is 0 Å². The molecule has 8 nitrogen and oxygen atoms in total. The first-order valence-electron chi connectivity index (χ1n) is 12.7. The highest BCUT2D eigenvalue weighted by atomic mass is 32.1. The Kier molecular flexibility index (Phi) is 9.03. The van der Waals surface area contributed by atoms with E-state index in [0.717, 1.165) is 24.0 Å². The standard InChI is InChI=1S/C30H32N2O6S/c1-6-8-16-37-23-14-9-20(17-24(23)36-5)18-25-28(33)32-27(21-10-12-22(35-4)13-11-21)26(29(34)38-15-7-2)19(3)31-30(32)39-25/h7,9-14,17-18,27H,2,6,8,15-16H2,1,3-5H3/b25-18+/t27-/m0/s1. The number of thiazole rings is 1. The van der Waals surface area contributed by atoms with E-state index in [1.54, 1.807) is 43.9 Å². The summed E-state index contributed by atoms with van der Waals surface area (Å²) in [5.74, 6) is 1.36. The van der Waals surface area contributed by atoms with Gasteiger partial charge < -0.3 is 18.9 Å². The molecule has 3 aromatic rings. The molecule has 2 aromatic carbocycles. The summed E-state index contributed by atoms with van der Waals surface area (Å²) >= 11 is 1.26. The van der Waals surface area contributed by atoms with Gasteiger partial charge in [-0.05, 0) is 54.8 Å². The molecular weight excluding hydrogens is 516 g/mol. The topological polar surface area (TPSA) is 88.4 Å². The fourth-order valence-electron chi connectivity index (χ4n) is 4.27. The molecule has 0 unspecified atom stereocenters. The summed E-state index contributed by atoms with van der Waals surface area (Å²) in [6, 6.07) is 12.1. The van der Waals surface area contributed by atoms with Crippen molar-refractivity contribution in [1.82, 2.24) is 4.57 Å². The van der Waals surface area contributed by atoms with Gasteiger partial charge in [-0.3, -0.25) is 9.36 Å². The number of ether oxygens (including phenoxy) is 4. The average molecular weight is 549 g/mol. The van der Waals surface area contributed by atoms with Gasteiger partial charge in [-0.25, -0.2) is 9.79 Å². The number of nitrogens with zero attached hydrogens (tertiary/aromatic N) is 2. The van der Waals surface area contributed by atoms with E-state index in [1.807, 2.05) is 30.3 Å². The van der Waals surface area contributed by atoms with Crippen LogP contribution in [-0.2, 0) is 9.53 Å². The van der Waals surface area contributed by atoms with Crippen LogP contribution in [0.4, 0.5) is 0 Å². The van der Waals surface area contributed by atoms with E-state index in [1.165, 1.54) is 17.4 Å². The van der Waals surface area contributed by atoms with Crippen LogP contribution in [0.1, 0.15) is 43.9 Å². The van der Waals surface area contributed by atoms with Gasteiger partial charge >= 0.3 is 5.97 Å². The highest BCUT2D eigenvalue weighted by Crippen LogP contribution is 2.32. The first kappa shape index (κ1) is 27.9. The molecule has 1 atom stereocenters. The molecule has 0 aliphatic carbocycles.